The first-order chi connectivity index (χ1) is 22.2. The Hall–Kier alpha value is -3.84. The third-order valence-corrected chi connectivity index (χ3v) is 11.1. The van der Waals surface area contributed by atoms with Gasteiger partial charge in [0.15, 0.2) is 0 Å². The van der Waals surface area contributed by atoms with Crippen molar-refractivity contribution in [2.24, 2.45) is 34.5 Å². The molecule has 2 bridgehead atoms. The number of hydrogen-bond donors (Lipinski definition) is 2. The number of Topliss-reactive ketones (excluding diaryl/α,β-unsaturated/α-hetero) is 1. The van der Waals surface area contributed by atoms with Crippen LogP contribution in [0.15, 0.2) is 30.3 Å². The Morgan fingerprint density at radius 1 is 0.688 bits per heavy atom. The Balaban J connectivity index is 1.82. The number of fused-ring (bicyclic) bond motifs is 5. The van der Waals surface area contributed by atoms with Crippen LogP contribution in [0.2, 0.25) is 0 Å². The first kappa shape index (κ1) is 35.5. The van der Waals surface area contributed by atoms with E-state index in [0.29, 0.717) is 0 Å². The van der Waals surface area contributed by atoms with E-state index < -0.39 is 118 Å². The lowest BCUT2D eigenvalue weighted by atomic mass is 9.53. The summed E-state index contributed by atoms with van der Waals surface area (Å²) in [6, 6.07) is 8.07. The topological polar surface area (TPSA) is 189 Å². The lowest BCUT2D eigenvalue weighted by Crippen LogP contribution is -2.70. The standard InChI is InChI=1S/C35H44O13/c1-16-14-34(42)24(25(16)48-29(41)21-12-10-9-11-13-21)28(45-18(3)37)35(43)15-22-23(27(44-17(2)36)32(6,7)26(22)40)33(8,30(34)46-19(4)38)31(35)47-20(5)39/h9-13,16,22-25,27-28,30-31,42-43H,14-15H2,1-8H3/t16-,22+,23+,24+,25-,27-,28+,30+,31-,33-,34+,35+/m0/s1. The molecule has 0 amide bonds. The lowest BCUT2D eigenvalue weighted by Gasteiger charge is -2.57. The fourth-order valence-electron chi connectivity index (χ4n) is 9.64. The second-order valence-electron chi connectivity index (χ2n) is 14.8. The summed E-state index contributed by atoms with van der Waals surface area (Å²) in [6.45, 7) is 10.9. The van der Waals surface area contributed by atoms with Crippen LogP contribution in [0.5, 0.6) is 0 Å². The minimum Gasteiger partial charge on any atom is -0.461 e. The molecule has 48 heavy (non-hydrogen) atoms. The third-order valence-electron chi connectivity index (χ3n) is 11.1. The third kappa shape index (κ3) is 5.29. The van der Waals surface area contributed by atoms with Crippen LogP contribution >= 0.6 is 0 Å². The van der Waals surface area contributed by atoms with Gasteiger partial charge < -0.3 is 33.9 Å². The number of rotatable bonds is 6. The normalized spacial score (nSPS) is 40.8. The predicted octanol–water partition coefficient (Wildman–Crippen LogP) is 2.32. The van der Waals surface area contributed by atoms with Gasteiger partial charge in [0.25, 0.3) is 0 Å². The molecule has 4 aliphatic carbocycles. The van der Waals surface area contributed by atoms with Crippen LogP contribution in [-0.2, 0) is 47.7 Å². The number of ketones is 1. The summed E-state index contributed by atoms with van der Waals surface area (Å²) in [5.41, 5.74) is -7.60. The highest BCUT2D eigenvalue weighted by Crippen LogP contribution is 2.68. The van der Waals surface area contributed by atoms with Crippen molar-refractivity contribution in [2.75, 3.05) is 0 Å². The van der Waals surface area contributed by atoms with E-state index in [4.69, 9.17) is 23.7 Å². The van der Waals surface area contributed by atoms with Crippen molar-refractivity contribution in [2.45, 2.75) is 110 Å². The molecular formula is C35H44O13. The lowest BCUT2D eigenvalue weighted by molar-refractivity contribution is -0.270. The van der Waals surface area contributed by atoms with E-state index in [1.54, 1.807) is 39.0 Å². The van der Waals surface area contributed by atoms with E-state index >= 15 is 0 Å². The van der Waals surface area contributed by atoms with Gasteiger partial charge in [-0.2, -0.15) is 0 Å². The van der Waals surface area contributed by atoms with Crippen LogP contribution in [-0.4, -0.2) is 87.6 Å². The predicted molar refractivity (Wildman–Crippen MR) is 164 cm³/mol. The molecule has 0 saturated heterocycles. The Kier molecular flexibility index (Phi) is 8.82. The van der Waals surface area contributed by atoms with Gasteiger partial charge in [-0.05, 0) is 44.7 Å². The smallest absolute Gasteiger partial charge is 0.338 e. The molecular weight excluding hydrogens is 628 g/mol. The minimum absolute atomic E-state index is 0.189. The molecule has 5 rings (SSSR count). The zero-order chi connectivity index (χ0) is 35.7. The maximum Gasteiger partial charge on any atom is 0.338 e. The summed E-state index contributed by atoms with van der Waals surface area (Å²) in [4.78, 5) is 78.9. The van der Waals surface area contributed by atoms with Crippen molar-refractivity contribution in [3.05, 3.63) is 35.9 Å². The van der Waals surface area contributed by atoms with Crippen molar-refractivity contribution in [1.29, 1.82) is 0 Å². The molecule has 0 unspecified atom stereocenters. The second-order valence-corrected chi connectivity index (χ2v) is 14.8. The second kappa shape index (κ2) is 11.9. The van der Waals surface area contributed by atoms with Crippen molar-refractivity contribution < 1.29 is 62.7 Å². The Morgan fingerprint density at radius 3 is 1.71 bits per heavy atom. The molecule has 12 atom stereocenters. The number of ether oxygens (including phenoxy) is 5. The van der Waals surface area contributed by atoms with Crippen LogP contribution in [0.25, 0.3) is 0 Å². The Labute approximate surface area is 278 Å². The van der Waals surface area contributed by atoms with E-state index in [2.05, 4.69) is 0 Å². The largest absolute Gasteiger partial charge is 0.461 e. The van der Waals surface area contributed by atoms with E-state index in [0.717, 1.165) is 20.8 Å². The number of carbonyl (C=O) groups is 6. The van der Waals surface area contributed by atoms with Crippen molar-refractivity contribution in [1.82, 2.24) is 0 Å². The van der Waals surface area contributed by atoms with Gasteiger partial charge in [0.1, 0.15) is 47.5 Å². The van der Waals surface area contributed by atoms with E-state index in [-0.39, 0.29) is 12.0 Å². The van der Waals surface area contributed by atoms with E-state index in [9.17, 15) is 39.0 Å². The van der Waals surface area contributed by atoms with E-state index in [1.807, 2.05) is 0 Å². The van der Waals surface area contributed by atoms with Crippen molar-refractivity contribution >= 4 is 35.6 Å². The molecule has 2 N–H and O–H groups in total. The quantitative estimate of drug-likeness (QED) is 0.331. The molecule has 4 saturated carbocycles. The van der Waals surface area contributed by atoms with Crippen LogP contribution < -0.4 is 0 Å². The summed E-state index contributed by atoms with van der Waals surface area (Å²) in [7, 11) is 0. The summed E-state index contributed by atoms with van der Waals surface area (Å²) in [6.07, 6.45) is -8.14. The zero-order valence-electron chi connectivity index (χ0n) is 28.4. The molecule has 0 aromatic heterocycles. The van der Waals surface area contributed by atoms with Crippen LogP contribution in [0, 0.1) is 34.5 Å². The summed E-state index contributed by atoms with van der Waals surface area (Å²) in [5, 5.41) is 26.1. The van der Waals surface area contributed by atoms with Gasteiger partial charge in [-0.15, -0.1) is 0 Å². The molecule has 0 spiro atoms. The fourth-order valence-corrected chi connectivity index (χ4v) is 9.64. The molecule has 0 heterocycles. The van der Waals surface area contributed by atoms with Gasteiger partial charge in [-0.25, -0.2) is 4.79 Å². The van der Waals surface area contributed by atoms with Crippen LogP contribution in [0.3, 0.4) is 0 Å². The van der Waals surface area contributed by atoms with Gasteiger partial charge in [-0.1, -0.05) is 32.0 Å². The zero-order valence-corrected chi connectivity index (χ0v) is 28.4. The number of aliphatic hydroxyl groups is 2. The van der Waals surface area contributed by atoms with E-state index in [1.165, 1.54) is 26.0 Å². The molecule has 1 aromatic rings. The molecule has 0 aliphatic heterocycles. The molecule has 13 heteroatoms. The molecule has 0 radical (unpaired) electrons. The summed E-state index contributed by atoms with van der Waals surface area (Å²) < 4.78 is 29.7. The average Bonchev–Trinajstić information content (AvgIpc) is 3.32. The van der Waals surface area contributed by atoms with Crippen molar-refractivity contribution in [3.63, 3.8) is 0 Å². The summed E-state index contributed by atoms with van der Waals surface area (Å²) in [5.74, 6) is -8.72. The Bertz CT molecular complexity index is 1520. The highest BCUT2D eigenvalue weighted by atomic mass is 16.6. The van der Waals surface area contributed by atoms with Gasteiger partial charge in [0.2, 0.25) is 0 Å². The van der Waals surface area contributed by atoms with Crippen LogP contribution in [0.4, 0.5) is 0 Å². The first-order valence-electron chi connectivity index (χ1n) is 16.1. The monoisotopic (exact) mass is 672 g/mol. The average molecular weight is 673 g/mol. The minimum atomic E-state index is -2.40. The summed E-state index contributed by atoms with van der Waals surface area (Å²) >= 11 is 0. The van der Waals surface area contributed by atoms with Gasteiger partial charge >= 0.3 is 29.8 Å². The highest BCUT2D eigenvalue weighted by molar-refractivity contribution is 5.91. The SMILES string of the molecule is CC(=O)O[C@@H]1[C@H]2[C@@H](OC(=O)c3ccccc3)[C@@H](C)C[C@]2(O)[C@H](OC(C)=O)[C@]2(C)[C@@H]3[C@@H](C[C@]1(O)[C@H]2OC(C)=O)C(=O)C(C)(C)[C@H]3OC(C)=O. The van der Waals surface area contributed by atoms with Crippen molar-refractivity contribution in [3.8, 4) is 0 Å². The van der Waals surface area contributed by atoms with Gasteiger partial charge in [0, 0.05) is 39.5 Å². The molecule has 4 fully saturated rings. The number of esters is 5. The molecule has 262 valence electrons. The van der Waals surface area contributed by atoms with Gasteiger partial charge in [-0.3, -0.25) is 24.0 Å². The number of benzene rings is 1. The fraction of sp³-hybridized carbons (Fsp3) is 0.657. The number of carbonyl (C=O) groups excluding carboxylic acids is 6. The maximum atomic E-state index is 14.3. The first-order valence-corrected chi connectivity index (χ1v) is 16.1. The molecule has 13 nitrogen and oxygen atoms in total. The highest BCUT2D eigenvalue weighted by Gasteiger charge is 2.82. The molecule has 1 aromatic carbocycles. The van der Waals surface area contributed by atoms with Gasteiger partial charge in [0.05, 0.1) is 22.3 Å². The van der Waals surface area contributed by atoms with Crippen LogP contribution in [0.1, 0.15) is 78.6 Å². The molecule has 4 aliphatic rings. The maximum absolute atomic E-state index is 14.3. The number of hydrogen-bond acceptors (Lipinski definition) is 13. The Morgan fingerprint density at radius 2 is 1.19 bits per heavy atom.